The Hall–Kier alpha value is -3.55. The van der Waals surface area contributed by atoms with Crippen molar-refractivity contribution in [1.82, 2.24) is 14.9 Å². The van der Waals surface area contributed by atoms with Crippen molar-refractivity contribution in [2.45, 2.75) is 12.6 Å². The molecular weight excluding hydrogens is 348 g/mol. The van der Waals surface area contributed by atoms with E-state index in [4.69, 9.17) is 9.47 Å². The van der Waals surface area contributed by atoms with Gasteiger partial charge in [0.2, 0.25) is 0 Å². The van der Waals surface area contributed by atoms with Crippen LogP contribution in [-0.2, 0) is 16.1 Å². The van der Waals surface area contributed by atoms with Crippen LogP contribution < -0.4 is 20.1 Å². The predicted octanol–water partition coefficient (Wildman–Crippen LogP) is 1.62. The summed E-state index contributed by atoms with van der Waals surface area (Å²) in [7, 11) is 0. The predicted molar refractivity (Wildman–Crippen MR) is 96.7 cm³/mol. The number of carbonyl (C=O) groups excluding carboxylic acids is 2. The van der Waals surface area contributed by atoms with E-state index >= 15 is 0 Å². The lowest BCUT2D eigenvalue weighted by atomic mass is 10.1. The zero-order chi connectivity index (χ0) is 18.4. The minimum Gasteiger partial charge on any atom is -0.486 e. The van der Waals surface area contributed by atoms with Crippen LogP contribution in [0.3, 0.4) is 0 Å². The summed E-state index contributed by atoms with van der Waals surface area (Å²) in [4.78, 5) is 30.0. The van der Waals surface area contributed by atoms with Crippen LogP contribution >= 0.6 is 0 Å². The van der Waals surface area contributed by atoms with Gasteiger partial charge in [-0.05, 0) is 24.3 Å². The van der Waals surface area contributed by atoms with Crippen molar-refractivity contribution >= 4 is 28.5 Å². The number of anilines is 1. The molecule has 0 radical (unpaired) electrons. The third-order valence-electron chi connectivity index (χ3n) is 4.65. The highest BCUT2D eigenvalue weighted by Gasteiger charge is 2.35. The molecule has 0 saturated carbocycles. The number of benzene rings is 2. The third kappa shape index (κ3) is 2.57. The molecule has 0 fully saturated rings. The molecule has 27 heavy (non-hydrogen) atoms. The summed E-state index contributed by atoms with van der Waals surface area (Å²) < 4.78 is 12.7. The molecule has 5 rings (SSSR count). The summed E-state index contributed by atoms with van der Waals surface area (Å²) >= 11 is 0. The van der Waals surface area contributed by atoms with Crippen molar-refractivity contribution in [2.24, 2.45) is 0 Å². The molecule has 3 heterocycles. The third-order valence-corrected chi connectivity index (χ3v) is 4.65. The molecule has 0 spiro atoms. The fourth-order valence-corrected chi connectivity index (χ4v) is 3.46. The smallest absolute Gasteiger partial charge is 0.257 e. The normalized spacial score (nSPS) is 17.9. The molecule has 0 aliphatic carbocycles. The van der Waals surface area contributed by atoms with Crippen LogP contribution in [0.25, 0.3) is 11.0 Å². The monoisotopic (exact) mass is 364 g/mol. The highest BCUT2D eigenvalue weighted by atomic mass is 16.6. The maximum absolute atomic E-state index is 13.0. The van der Waals surface area contributed by atoms with Gasteiger partial charge in [-0.15, -0.1) is 0 Å². The van der Waals surface area contributed by atoms with Crippen LogP contribution in [0.4, 0.5) is 5.69 Å². The Morgan fingerprint density at radius 3 is 2.85 bits per heavy atom. The molecule has 0 bridgehead atoms. The van der Waals surface area contributed by atoms with Gasteiger partial charge in [-0.1, -0.05) is 12.1 Å². The van der Waals surface area contributed by atoms with Gasteiger partial charge in [0.05, 0.1) is 17.6 Å². The minimum atomic E-state index is -1.03. The van der Waals surface area contributed by atoms with Gasteiger partial charge < -0.3 is 24.7 Å². The van der Waals surface area contributed by atoms with Crippen molar-refractivity contribution in [3.63, 3.8) is 0 Å². The van der Waals surface area contributed by atoms with Crippen LogP contribution in [-0.4, -0.2) is 34.6 Å². The Morgan fingerprint density at radius 1 is 1.15 bits per heavy atom. The second kappa shape index (κ2) is 6.01. The number of fused-ring (bicyclic) bond motifs is 4. The standard InChI is InChI=1S/C19H16N4O4/c24-18-17(23-13-4-2-1-3-12(13)22-16(23)10-20-18)19(25)21-11-5-6-14-15(9-11)27-8-7-26-14/h1-6,9,17H,7-8,10H2,(H,20,24)(H,21,25). The van der Waals surface area contributed by atoms with Crippen LogP contribution in [0.5, 0.6) is 11.5 Å². The van der Waals surface area contributed by atoms with E-state index in [-0.39, 0.29) is 5.91 Å². The molecule has 3 aromatic rings. The first kappa shape index (κ1) is 15.7. The number of imidazole rings is 1. The first-order valence-electron chi connectivity index (χ1n) is 8.65. The summed E-state index contributed by atoms with van der Waals surface area (Å²) in [6.45, 7) is 1.25. The Bertz CT molecular complexity index is 1070. The maximum atomic E-state index is 13.0. The summed E-state index contributed by atoms with van der Waals surface area (Å²) in [6.07, 6.45) is 0. The van der Waals surface area contributed by atoms with E-state index in [0.717, 1.165) is 11.0 Å². The molecule has 1 atom stereocenters. The molecule has 8 heteroatoms. The summed E-state index contributed by atoms with van der Waals surface area (Å²) in [5, 5.41) is 5.54. The number of ether oxygens (including phenoxy) is 2. The number of hydrogen-bond donors (Lipinski definition) is 2. The summed E-state index contributed by atoms with van der Waals surface area (Å²) in [6, 6.07) is 11.6. The molecule has 1 unspecified atom stereocenters. The van der Waals surface area contributed by atoms with E-state index in [1.807, 2.05) is 24.3 Å². The van der Waals surface area contributed by atoms with E-state index < -0.39 is 11.9 Å². The molecule has 2 aliphatic heterocycles. The second-order valence-corrected chi connectivity index (χ2v) is 6.35. The number of para-hydroxylation sites is 2. The van der Waals surface area contributed by atoms with E-state index in [1.54, 1.807) is 22.8 Å². The lowest BCUT2D eigenvalue weighted by Crippen LogP contribution is -2.44. The van der Waals surface area contributed by atoms with Crippen molar-refractivity contribution in [3.8, 4) is 11.5 Å². The van der Waals surface area contributed by atoms with E-state index in [1.165, 1.54) is 0 Å². The number of hydrogen-bond acceptors (Lipinski definition) is 5. The van der Waals surface area contributed by atoms with Gasteiger partial charge in [0.1, 0.15) is 19.0 Å². The molecular formula is C19H16N4O4. The number of rotatable bonds is 2. The first-order valence-corrected chi connectivity index (χ1v) is 8.65. The summed E-state index contributed by atoms with van der Waals surface area (Å²) in [5.41, 5.74) is 2.04. The van der Waals surface area contributed by atoms with E-state index in [0.29, 0.717) is 42.8 Å². The van der Waals surface area contributed by atoms with Crippen LogP contribution in [0.1, 0.15) is 11.9 Å². The average molecular weight is 364 g/mol. The Balaban J connectivity index is 1.49. The van der Waals surface area contributed by atoms with Crippen molar-refractivity contribution in [3.05, 3.63) is 48.3 Å². The lowest BCUT2D eigenvalue weighted by Gasteiger charge is -2.25. The molecule has 1 aromatic heterocycles. The number of nitrogens with one attached hydrogen (secondary N) is 2. The fraction of sp³-hybridized carbons (Fsp3) is 0.211. The SMILES string of the molecule is O=C1NCc2nc3ccccc3n2C1C(=O)Nc1ccc2c(c1)OCCO2. The molecule has 2 amide bonds. The van der Waals surface area contributed by atoms with Crippen LogP contribution in [0.2, 0.25) is 0 Å². The molecule has 0 saturated heterocycles. The first-order chi connectivity index (χ1) is 13.2. The summed E-state index contributed by atoms with van der Waals surface area (Å²) in [5.74, 6) is 1.06. The molecule has 136 valence electrons. The number of nitrogens with zero attached hydrogens (tertiary/aromatic N) is 2. The minimum absolute atomic E-state index is 0.293. The van der Waals surface area contributed by atoms with Crippen LogP contribution in [0, 0.1) is 0 Å². The number of aromatic nitrogens is 2. The average Bonchev–Trinajstić information content (AvgIpc) is 3.06. The largest absolute Gasteiger partial charge is 0.486 e. The van der Waals surface area contributed by atoms with Gasteiger partial charge >= 0.3 is 0 Å². The highest BCUT2D eigenvalue weighted by molar-refractivity contribution is 6.09. The van der Waals surface area contributed by atoms with Gasteiger partial charge in [-0.2, -0.15) is 0 Å². The van der Waals surface area contributed by atoms with Crippen molar-refractivity contribution in [2.75, 3.05) is 18.5 Å². The molecule has 2 aromatic carbocycles. The Labute approximate surface area is 154 Å². The van der Waals surface area contributed by atoms with E-state index in [9.17, 15) is 9.59 Å². The zero-order valence-corrected chi connectivity index (χ0v) is 14.3. The van der Waals surface area contributed by atoms with Gasteiger partial charge in [0.25, 0.3) is 11.8 Å². The lowest BCUT2D eigenvalue weighted by molar-refractivity contribution is -0.132. The quantitative estimate of drug-likeness (QED) is 0.674. The number of carbonyl (C=O) groups is 2. The van der Waals surface area contributed by atoms with Crippen molar-refractivity contribution in [1.29, 1.82) is 0 Å². The van der Waals surface area contributed by atoms with E-state index in [2.05, 4.69) is 15.6 Å². The molecule has 2 aliphatic rings. The fourth-order valence-electron chi connectivity index (χ4n) is 3.46. The Kier molecular flexibility index (Phi) is 3.49. The maximum Gasteiger partial charge on any atom is 0.257 e. The van der Waals surface area contributed by atoms with Gasteiger partial charge in [0.15, 0.2) is 17.5 Å². The molecule has 2 N–H and O–H groups in total. The van der Waals surface area contributed by atoms with Gasteiger partial charge in [-0.25, -0.2) is 4.98 Å². The van der Waals surface area contributed by atoms with Gasteiger partial charge in [0, 0.05) is 11.8 Å². The Morgan fingerprint density at radius 2 is 1.96 bits per heavy atom. The topological polar surface area (TPSA) is 94.5 Å². The van der Waals surface area contributed by atoms with Crippen molar-refractivity contribution < 1.29 is 19.1 Å². The van der Waals surface area contributed by atoms with Crippen LogP contribution in [0.15, 0.2) is 42.5 Å². The number of amides is 2. The van der Waals surface area contributed by atoms with Gasteiger partial charge in [-0.3, -0.25) is 9.59 Å². The zero-order valence-electron chi connectivity index (χ0n) is 14.3. The second-order valence-electron chi connectivity index (χ2n) is 6.35. The molecule has 8 nitrogen and oxygen atoms in total. The highest BCUT2D eigenvalue weighted by Crippen LogP contribution is 2.33.